The molecule has 7 nitrogen and oxygen atoms in total. The topological polar surface area (TPSA) is 94.8 Å². The van der Waals surface area contributed by atoms with Crippen molar-refractivity contribution in [3.63, 3.8) is 0 Å². The number of rotatable bonds is 9. The molecule has 0 atom stereocenters. The summed E-state index contributed by atoms with van der Waals surface area (Å²) in [6.45, 7) is 6.04. The Morgan fingerprint density at radius 3 is 2.18 bits per heavy atom. The molecule has 4 aromatic rings. The lowest BCUT2D eigenvalue weighted by Gasteiger charge is -2.29. The molecule has 3 aromatic carbocycles. The van der Waals surface area contributed by atoms with Gasteiger partial charge in [-0.05, 0) is 56.5 Å². The third-order valence-corrected chi connectivity index (χ3v) is 5.96. The number of carbonyl (C=O) groups excluding carboxylic acids is 2. The molecule has 1 amide bonds. The fraction of sp³-hybridized carbons (Fsp3) is 0.219. The third-order valence-electron chi connectivity index (χ3n) is 5.96. The Labute approximate surface area is 229 Å². The molecule has 0 spiro atoms. The number of amides is 1. The van der Waals surface area contributed by atoms with Crippen LogP contribution in [0.1, 0.15) is 42.3 Å². The van der Waals surface area contributed by atoms with Gasteiger partial charge in [0.2, 0.25) is 0 Å². The van der Waals surface area contributed by atoms with Crippen LogP contribution in [-0.4, -0.2) is 29.5 Å². The second-order valence-electron chi connectivity index (χ2n) is 10.1. The van der Waals surface area contributed by atoms with E-state index in [1.54, 1.807) is 26.8 Å². The summed E-state index contributed by atoms with van der Waals surface area (Å²) in [5.74, 6) is 0.620. The van der Waals surface area contributed by atoms with Crippen LogP contribution in [-0.2, 0) is 17.8 Å². The molecule has 0 unspecified atom stereocenters. The predicted octanol–water partition coefficient (Wildman–Crippen LogP) is 6.71. The van der Waals surface area contributed by atoms with E-state index in [-0.39, 0.29) is 17.9 Å². The molecule has 0 aliphatic rings. The summed E-state index contributed by atoms with van der Waals surface area (Å²) in [4.78, 5) is 31.6. The zero-order valence-electron chi connectivity index (χ0n) is 22.5. The molecule has 0 radical (unpaired) electrons. The summed E-state index contributed by atoms with van der Waals surface area (Å²) in [6.07, 6.45) is 0.595. The molecule has 39 heavy (non-hydrogen) atoms. The number of hydrogen-bond donors (Lipinski definition) is 1. The first-order chi connectivity index (χ1) is 18.7. The Bertz CT molecular complexity index is 1420. The van der Waals surface area contributed by atoms with Crippen LogP contribution < -0.4 is 15.4 Å². The molecule has 2 N–H and O–H groups in total. The number of anilines is 2. The lowest BCUT2D eigenvalue weighted by molar-refractivity contribution is 0.0581. The number of para-hydroxylation sites is 1. The highest BCUT2D eigenvalue weighted by Gasteiger charge is 2.27. The van der Waals surface area contributed by atoms with Gasteiger partial charge in [0.15, 0.2) is 6.29 Å². The van der Waals surface area contributed by atoms with Gasteiger partial charge in [-0.15, -0.1) is 0 Å². The lowest BCUT2D eigenvalue weighted by atomic mass is 10.1. The van der Waals surface area contributed by atoms with E-state index in [0.29, 0.717) is 42.0 Å². The smallest absolute Gasteiger partial charge is 0.414 e. The number of nitrogens with zero attached hydrogens (tertiary/aromatic N) is 2. The molecule has 0 saturated carbocycles. The van der Waals surface area contributed by atoms with Crippen LogP contribution in [0.25, 0.3) is 11.3 Å². The molecule has 0 saturated heterocycles. The molecule has 0 bridgehead atoms. The van der Waals surface area contributed by atoms with Gasteiger partial charge in [0.25, 0.3) is 0 Å². The molecule has 200 valence electrons. The van der Waals surface area contributed by atoms with Crippen LogP contribution in [0.2, 0.25) is 0 Å². The number of aromatic nitrogens is 1. The number of hydrogen-bond acceptors (Lipinski definition) is 6. The second kappa shape index (κ2) is 12.3. The van der Waals surface area contributed by atoms with Crippen molar-refractivity contribution < 1.29 is 19.1 Å². The second-order valence-corrected chi connectivity index (χ2v) is 10.1. The molecule has 1 heterocycles. The Morgan fingerprint density at radius 2 is 1.54 bits per heavy atom. The Balaban J connectivity index is 1.74. The lowest BCUT2D eigenvalue weighted by Crippen LogP contribution is -2.39. The van der Waals surface area contributed by atoms with Crippen molar-refractivity contribution in [2.75, 3.05) is 17.2 Å². The maximum Gasteiger partial charge on any atom is 0.414 e. The van der Waals surface area contributed by atoms with Crippen LogP contribution in [0.3, 0.4) is 0 Å². The van der Waals surface area contributed by atoms with Crippen molar-refractivity contribution in [2.45, 2.75) is 39.4 Å². The number of nitrogens with two attached hydrogens (primary N) is 1. The quantitative estimate of drug-likeness (QED) is 0.245. The van der Waals surface area contributed by atoms with Gasteiger partial charge in [-0.1, -0.05) is 72.8 Å². The Morgan fingerprint density at radius 1 is 0.923 bits per heavy atom. The Kier molecular flexibility index (Phi) is 8.61. The van der Waals surface area contributed by atoms with E-state index in [9.17, 15) is 9.59 Å². The first-order valence-corrected chi connectivity index (χ1v) is 12.8. The van der Waals surface area contributed by atoms with Gasteiger partial charge in [-0.25, -0.2) is 9.78 Å². The van der Waals surface area contributed by atoms with Crippen LogP contribution in [0, 0.1) is 0 Å². The number of nitrogen functional groups attached to an aromatic ring is 1. The van der Waals surface area contributed by atoms with Crippen LogP contribution >= 0.6 is 0 Å². The minimum absolute atomic E-state index is 0.0173. The van der Waals surface area contributed by atoms with Crippen molar-refractivity contribution >= 4 is 23.9 Å². The minimum Gasteiger partial charge on any atom is -0.488 e. The number of pyridine rings is 1. The molecular formula is C32H33N3O4. The average Bonchev–Trinajstić information content (AvgIpc) is 2.92. The fourth-order valence-corrected chi connectivity index (χ4v) is 4.09. The van der Waals surface area contributed by atoms with E-state index in [1.807, 2.05) is 84.9 Å². The monoisotopic (exact) mass is 523 g/mol. The number of benzene rings is 3. The number of aldehydes is 1. The third kappa shape index (κ3) is 7.23. The largest absolute Gasteiger partial charge is 0.488 e. The van der Waals surface area contributed by atoms with Gasteiger partial charge in [0.05, 0.1) is 16.9 Å². The van der Waals surface area contributed by atoms with E-state index in [1.165, 1.54) is 4.90 Å². The van der Waals surface area contributed by atoms with E-state index < -0.39 is 11.7 Å². The summed E-state index contributed by atoms with van der Waals surface area (Å²) in [7, 11) is 0. The van der Waals surface area contributed by atoms with Gasteiger partial charge in [-0.2, -0.15) is 0 Å². The first-order valence-electron chi connectivity index (χ1n) is 12.8. The van der Waals surface area contributed by atoms with E-state index in [2.05, 4.69) is 4.98 Å². The molecule has 0 aliphatic carbocycles. The van der Waals surface area contributed by atoms with Crippen molar-refractivity contribution in [1.29, 1.82) is 0 Å². The highest BCUT2D eigenvalue weighted by atomic mass is 16.6. The molecule has 0 fully saturated rings. The normalized spacial score (nSPS) is 11.1. The van der Waals surface area contributed by atoms with Crippen LogP contribution in [0.15, 0.2) is 91.0 Å². The van der Waals surface area contributed by atoms with Crippen molar-refractivity contribution in [1.82, 2.24) is 4.98 Å². The fourth-order valence-electron chi connectivity index (χ4n) is 4.09. The maximum absolute atomic E-state index is 13.4. The molecule has 4 rings (SSSR count). The summed E-state index contributed by atoms with van der Waals surface area (Å²) in [5.41, 5.74) is 9.24. The van der Waals surface area contributed by atoms with Crippen molar-refractivity contribution in [2.24, 2.45) is 0 Å². The molecule has 0 aliphatic heterocycles. The number of ether oxygens (including phenoxy) is 2. The summed E-state index contributed by atoms with van der Waals surface area (Å²) < 4.78 is 11.9. The molecule has 1 aromatic heterocycles. The van der Waals surface area contributed by atoms with Gasteiger partial charge in [0.1, 0.15) is 23.8 Å². The first kappa shape index (κ1) is 27.4. The van der Waals surface area contributed by atoms with E-state index in [4.69, 9.17) is 15.2 Å². The van der Waals surface area contributed by atoms with Gasteiger partial charge in [-0.3, -0.25) is 9.69 Å². The zero-order valence-corrected chi connectivity index (χ0v) is 22.5. The minimum atomic E-state index is -0.733. The SMILES string of the molecule is CC(C)(C)OC(=O)N(CCc1ccccc1)c1cc(-c2ccccc2OCc2ccccc2)nc(N)c1C=O. The maximum atomic E-state index is 13.4. The zero-order chi connectivity index (χ0) is 27.8. The van der Waals surface area contributed by atoms with E-state index >= 15 is 0 Å². The van der Waals surface area contributed by atoms with Crippen molar-refractivity contribution in [3.8, 4) is 17.0 Å². The standard InChI is InChI=1S/C32H33N3O4/c1-32(2,3)39-31(37)35(19-18-23-12-6-4-7-13-23)28-20-27(34-30(33)26(28)21-36)25-16-10-11-17-29(25)38-22-24-14-8-5-9-15-24/h4-17,20-21H,18-19,22H2,1-3H3,(H2,33,34). The highest BCUT2D eigenvalue weighted by molar-refractivity contribution is 5.99. The number of carbonyl (C=O) groups is 2. The van der Waals surface area contributed by atoms with Gasteiger partial charge >= 0.3 is 6.09 Å². The summed E-state index contributed by atoms with van der Waals surface area (Å²) >= 11 is 0. The van der Waals surface area contributed by atoms with Crippen LogP contribution in [0.5, 0.6) is 5.75 Å². The summed E-state index contributed by atoms with van der Waals surface area (Å²) in [6, 6.07) is 28.8. The van der Waals surface area contributed by atoms with Gasteiger partial charge < -0.3 is 15.2 Å². The Hall–Kier alpha value is -4.65. The predicted molar refractivity (Wildman–Crippen MR) is 154 cm³/mol. The van der Waals surface area contributed by atoms with Gasteiger partial charge in [0, 0.05) is 12.1 Å². The summed E-state index contributed by atoms with van der Waals surface area (Å²) in [5, 5.41) is 0. The van der Waals surface area contributed by atoms with E-state index in [0.717, 1.165) is 11.1 Å². The molecule has 7 heteroatoms. The molecular weight excluding hydrogens is 490 g/mol. The highest BCUT2D eigenvalue weighted by Crippen LogP contribution is 2.35. The average molecular weight is 524 g/mol. The van der Waals surface area contributed by atoms with Crippen molar-refractivity contribution in [3.05, 3.63) is 108 Å². The van der Waals surface area contributed by atoms with Crippen LogP contribution in [0.4, 0.5) is 16.3 Å².